The molecule has 2 fully saturated rings. The number of nitrogens with one attached hydrogen (secondary N) is 1. The van der Waals surface area contributed by atoms with Crippen molar-refractivity contribution >= 4 is 11.9 Å². The Kier molecular flexibility index (Phi) is 4.53. The van der Waals surface area contributed by atoms with E-state index in [0.717, 1.165) is 45.0 Å². The van der Waals surface area contributed by atoms with Gasteiger partial charge in [-0.2, -0.15) is 0 Å². The Hall–Kier alpha value is -1.69. The highest BCUT2D eigenvalue weighted by Gasteiger charge is 2.55. The maximum atomic E-state index is 12.8. The van der Waals surface area contributed by atoms with Crippen LogP contribution >= 0.6 is 0 Å². The number of amides is 1. The summed E-state index contributed by atoms with van der Waals surface area (Å²) in [6.07, 6.45) is 5.49. The lowest BCUT2D eigenvalue weighted by molar-refractivity contribution is -0.131. The Morgan fingerprint density at radius 1 is 1.43 bits per heavy atom. The predicted octanol–water partition coefficient (Wildman–Crippen LogP) is 1.15. The molecule has 2 saturated heterocycles. The molecule has 1 amide bonds. The van der Waals surface area contributed by atoms with E-state index in [9.17, 15) is 4.79 Å². The number of hydrogen-bond acceptors (Lipinski definition) is 5. The van der Waals surface area contributed by atoms with Gasteiger partial charge in [-0.1, -0.05) is 13.8 Å². The van der Waals surface area contributed by atoms with Crippen molar-refractivity contribution in [1.82, 2.24) is 20.2 Å². The van der Waals surface area contributed by atoms with Crippen LogP contribution in [0.4, 0.5) is 5.95 Å². The first-order valence-electron chi connectivity index (χ1n) is 8.55. The molecule has 126 valence electrons. The van der Waals surface area contributed by atoms with Crippen molar-refractivity contribution in [2.24, 2.45) is 11.3 Å². The molecule has 0 spiro atoms. The number of fused-ring (bicyclic) bond motifs is 1. The molecule has 0 bridgehead atoms. The van der Waals surface area contributed by atoms with Crippen LogP contribution in [0.15, 0.2) is 18.5 Å². The number of rotatable bonds is 4. The fourth-order valence-electron chi connectivity index (χ4n) is 4.27. The summed E-state index contributed by atoms with van der Waals surface area (Å²) in [6, 6.07) is 1.98. The molecule has 6 heteroatoms. The van der Waals surface area contributed by atoms with E-state index in [1.165, 1.54) is 0 Å². The largest absolute Gasteiger partial charge is 0.359 e. The second-order valence-electron chi connectivity index (χ2n) is 7.18. The zero-order valence-electron chi connectivity index (χ0n) is 14.3. The van der Waals surface area contributed by atoms with E-state index >= 15 is 0 Å². The number of hydrogen-bond donors (Lipinski definition) is 1. The van der Waals surface area contributed by atoms with E-state index in [1.807, 2.05) is 6.07 Å². The summed E-state index contributed by atoms with van der Waals surface area (Å²) < 4.78 is 0. The van der Waals surface area contributed by atoms with Gasteiger partial charge in [-0.15, -0.1) is 0 Å². The van der Waals surface area contributed by atoms with Gasteiger partial charge in [-0.25, -0.2) is 9.97 Å². The Bertz CT molecular complexity index is 549. The number of likely N-dealkylation sites (tertiary alicyclic amines) is 1. The molecular weight excluding hydrogens is 290 g/mol. The van der Waals surface area contributed by atoms with Gasteiger partial charge in [0.1, 0.15) is 0 Å². The van der Waals surface area contributed by atoms with Crippen LogP contribution in [0.2, 0.25) is 0 Å². The highest BCUT2D eigenvalue weighted by Crippen LogP contribution is 2.43. The fraction of sp³-hybridized carbons (Fsp3) is 0.706. The van der Waals surface area contributed by atoms with Gasteiger partial charge in [-0.05, 0) is 24.8 Å². The summed E-state index contributed by atoms with van der Waals surface area (Å²) in [5.41, 5.74) is -0.346. The minimum Gasteiger partial charge on any atom is -0.359 e. The Balaban J connectivity index is 1.92. The van der Waals surface area contributed by atoms with Crippen LogP contribution in [0.25, 0.3) is 0 Å². The Morgan fingerprint density at radius 2 is 2.17 bits per heavy atom. The summed E-state index contributed by atoms with van der Waals surface area (Å²) in [6.45, 7) is 8.14. The predicted molar refractivity (Wildman–Crippen MR) is 90.2 cm³/mol. The summed E-state index contributed by atoms with van der Waals surface area (Å²) in [7, 11) is 1.75. The van der Waals surface area contributed by atoms with E-state index in [-0.39, 0.29) is 17.4 Å². The lowest BCUT2D eigenvalue weighted by Gasteiger charge is -2.44. The minimum atomic E-state index is -0.346. The van der Waals surface area contributed by atoms with Crippen molar-refractivity contribution in [2.45, 2.75) is 32.7 Å². The molecule has 3 heterocycles. The standard InChI is InChI=1S/C17H27N5O/c1-13(2)10-21-11-14-17(12-21,15(23)18-3)6-4-9-22(14)16-19-7-5-8-20-16/h5,7-8,13-14H,4,6,9-12H2,1-3H3,(H,18,23)/t14-,17-/m1/s1. The van der Waals surface area contributed by atoms with E-state index in [0.29, 0.717) is 5.92 Å². The molecule has 1 aromatic rings. The molecule has 0 saturated carbocycles. The lowest BCUT2D eigenvalue weighted by atomic mass is 9.74. The van der Waals surface area contributed by atoms with E-state index in [4.69, 9.17) is 0 Å². The monoisotopic (exact) mass is 317 g/mol. The Labute approximate surface area is 138 Å². The van der Waals surface area contributed by atoms with Crippen molar-refractivity contribution in [2.75, 3.05) is 38.1 Å². The van der Waals surface area contributed by atoms with Crippen molar-refractivity contribution in [3.63, 3.8) is 0 Å². The molecule has 3 rings (SSSR count). The average Bonchev–Trinajstić information content (AvgIpc) is 2.93. The van der Waals surface area contributed by atoms with E-state index < -0.39 is 0 Å². The summed E-state index contributed by atoms with van der Waals surface area (Å²) in [5.74, 6) is 1.50. The summed E-state index contributed by atoms with van der Waals surface area (Å²) in [5, 5.41) is 2.91. The molecule has 1 aromatic heterocycles. The maximum absolute atomic E-state index is 12.8. The minimum absolute atomic E-state index is 0.150. The lowest BCUT2D eigenvalue weighted by Crippen LogP contribution is -2.58. The van der Waals surface area contributed by atoms with E-state index in [2.05, 4.69) is 38.9 Å². The fourth-order valence-corrected chi connectivity index (χ4v) is 4.27. The number of piperidine rings is 1. The van der Waals surface area contributed by atoms with Crippen LogP contribution in [-0.4, -0.2) is 60.0 Å². The topological polar surface area (TPSA) is 61.4 Å². The molecular formula is C17H27N5O. The smallest absolute Gasteiger partial charge is 0.229 e. The zero-order valence-corrected chi connectivity index (χ0v) is 14.3. The van der Waals surface area contributed by atoms with Crippen LogP contribution in [0.1, 0.15) is 26.7 Å². The molecule has 0 radical (unpaired) electrons. The van der Waals surface area contributed by atoms with Gasteiger partial charge in [0.25, 0.3) is 0 Å². The van der Waals surface area contributed by atoms with Crippen molar-refractivity contribution in [1.29, 1.82) is 0 Å². The van der Waals surface area contributed by atoms with Crippen LogP contribution in [0.3, 0.4) is 0 Å². The molecule has 2 aliphatic rings. The zero-order chi connectivity index (χ0) is 16.4. The first-order valence-corrected chi connectivity index (χ1v) is 8.55. The van der Waals surface area contributed by atoms with Gasteiger partial charge >= 0.3 is 0 Å². The van der Waals surface area contributed by atoms with E-state index in [1.54, 1.807) is 19.4 Å². The van der Waals surface area contributed by atoms with Crippen LogP contribution in [-0.2, 0) is 4.79 Å². The number of anilines is 1. The van der Waals surface area contributed by atoms with Crippen molar-refractivity contribution < 1.29 is 4.79 Å². The van der Waals surface area contributed by atoms with Crippen LogP contribution in [0.5, 0.6) is 0 Å². The van der Waals surface area contributed by atoms with Gasteiger partial charge in [0.2, 0.25) is 11.9 Å². The highest BCUT2D eigenvalue weighted by atomic mass is 16.2. The Morgan fingerprint density at radius 3 is 2.83 bits per heavy atom. The van der Waals surface area contributed by atoms with Gasteiger partial charge in [0.15, 0.2) is 0 Å². The molecule has 2 atom stereocenters. The molecule has 2 aliphatic heterocycles. The first kappa shape index (κ1) is 16.2. The molecule has 1 N–H and O–H groups in total. The number of carbonyl (C=O) groups excluding carboxylic acids is 1. The molecule has 0 aromatic carbocycles. The van der Waals surface area contributed by atoms with Gasteiger partial charge in [-0.3, -0.25) is 9.69 Å². The number of carbonyl (C=O) groups is 1. The van der Waals surface area contributed by atoms with Crippen molar-refractivity contribution in [3.8, 4) is 0 Å². The molecule has 0 unspecified atom stereocenters. The SMILES string of the molecule is CNC(=O)[C@@]12CCCN(c3ncccn3)[C@@H]1CN(CC(C)C)C2. The van der Waals surface area contributed by atoms with Gasteiger partial charge < -0.3 is 10.2 Å². The first-order chi connectivity index (χ1) is 11.1. The van der Waals surface area contributed by atoms with Crippen molar-refractivity contribution in [3.05, 3.63) is 18.5 Å². The van der Waals surface area contributed by atoms with Crippen LogP contribution < -0.4 is 10.2 Å². The molecule has 6 nitrogen and oxygen atoms in total. The third kappa shape index (κ3) is 2.92. The number of aromatic nitrogens is 2. The number of nitrogens with zero attached hydrogens (tertiary/aromatic N) is 4. The summed E-state index contributed by atoms with van der Waals surface area (Å²) in [4.78, 5) is 26.3. The third-order valence-electron chi connectivity index (χ3n) is 5.08. The third-order valence-corrected chi connectivity index (χ3v) is 5.08. The van der Waals surface area contributed by atoms with Crippen LogP contribution in [0, 0.1) is 11.3 Å². The van der Waals surface area contributed by atoms with Gasteiger partial charge in [0.05, 0.1) is 11.5 Å². The summed E-state index contributed by atoms with van der Waals surface area (Å²) >= 11 is 0. The molecule has 0 aliphatic carbocycles. The van der Waals surface area contributed by atoms with Gasteiger partial charge in [0, 0.05) is 45.6 Å². The highest BCUT2D eigenvalue weighted by molar-refractivity contribution is 5.85. The second-order valence-corrected chi connectivity index (χ2v) is 7.18. The quantitative estimate of drug-likeness (QED) is 0.903. The molecule has 23 heavy (non-hydrogen) atoms. The maximum Gasteiger partial charge on any atom is 0.229 e. The second kappa shape index (κ2) is 6.43. The normalized spacial score (nSPS) is 28.0. The average molecular weight is 317 g/mol.